The zero-order valence-corrected chi connectivity index (χ0v) is 15.7. The summed E-state index contributed by atoms with van der Waals surface area (Å²) in [4.78, 5) is 0. The third kappa shape index (κ3) is 3.57. The summed E-state index contributed by atoms with van der Waals surface area (Å²) in [6.07, 6.45) is 16.9. The molecule has 0 heterocycles. The van der Waals surface area contributed by atoms with Gasteiger partial charge in [0.25, 0.3) is 0 Å². The second-order valence-electron chi connectivity index (χ2n) is 9.93. The van der Waals surface area contributed by atoms with Gasteiger partial charge in [-0.2, -0.15) is 0 Å². The maximum Gasteiger partial charge on any atom is -0.0295 e. The van der Waals surface area contributed by atoms with Crippen LogP contribution in [0.25, 0.3) is 0 Å². The van der Waals surface area contributed by atoms with Crippen LogP contribution < -0.4 is 0 Å². The Labute approximate surface area is 139 Å². The van der Waals surface area contributed by atoms with E-state index in [9.17, 15) is 0 Å². The minimum Gasteiger partial charge on any atom is -0.0625 e. The van der Waals surface area contributed by atoms with Gasteiger partial charge in [0.15, 0.2) is 0 Å². The maximum absolute atomic E-state index is 2.55. The van der Waals surface area contributed by atoms with Crippen molar-refractivity contribution in [3.05, 3.63) is 0 Å². The molecule has 22 heavy (non-hydrogen) atoms. The molecule has 0 heteroatoms. The van der Waals surface area contributed by atoms with Crippen LogP contribution in [0.3, 0.4) is 0 Å². The lowest BCUT2D eigenvalue weighted by Gasteiger charge is -2.44. The number of hydrogen-bond donors (Lipinski definition) is 0. The van der Waals surface area contributed by atoms with Gasteiger partial charge in [0.2, 0.25) is 0 Å². The quantitative estimate of drug-likeness (QED) is 0.511. The van der Waals surface area contributed by atoms with Gasteiger partial charge in [-0.15, -0.1) is 0 Å². The molecule has 0 saturated heterocycles. The SMILES string of the molecule is CC1CCCC(CC2CC(C)C(C)C2C)CCC2(CCC2)C1. The Hall–Kier alpha value is 0. The molecule has 0 N–H and O–H groups in total. The fourth-order valence-corrected chi connectivity index (χ4v) is 6.31. The Kier molecular flexibility index (Phi) is 5.25. The van der Waals surface area contributed by atoms with Gasteiger partial charge in [0, 0.05) is 0 Å². The molecule has 3 fully saturated rings. The summed E-state index contributed by atoms with van der Waals surface area (Å²) in [6.45, 7) is 10.1. The third-order valence-electron chi connectivity index (χ3n) is 8.37. The summed E-state index contributed by atoms with van der Waals surface area (Å²) in [7, 11) is 0. The molecule has 3 aliphatic carbocycles. The van der Waals surface area contributed by atoms with Gasteiger partial charge >= 0.3 is 0 Å². The van der Waals surface area contributed by atoms with Gasteiger partial charge in [0.05, 0.1) is 0 Å². The first-order valence-corrected chi connectivity index (χ1v) is 10.5. The summed E-state index contributed by atoms with van der Waals surface area (Å²) in [6, 6.07) is 0. The first-order valence-electron chi connectivity index (χ1n) is 10.5. The molecular formula is C22H40. The molecule has 6 unspecified atom stereocenters. The minimum absolute atomic E-state index is 0.796. The predicted octanol–water partition coefficient (Wildman–Crippen LogP) is 7.08. The molecule has 0 aromatic heterocycles. The first kappa shape index (κ1) is 16.8. The van der Waals surface area contributed by atoms with Crippen LogP contribution in [-0.2, 0) is 0 Å². The fraction of sp³-hybridized carbons (Fsp3) is 1.00. The molecule has 3 rings (SSSR count). The molecule has 1 spiro atoms. The average Bonchev–Trinajstić information content (AvgIpc) is 2.72. The van der Waals surface area contributed by atoms with Crippen molar-refractivity contribution < 1.29 is 0 Å². The standard InChI is InChI=1S/C22H40/c1-16-7-5-8-20(9-12-22(15-16)10-6-11-22)14-21-13-17(2)18(3)19(21)4/h16-21H,5-15H2,1-4H3. The van der Waals surface area contributed by atoms with E-state index in [1.165, 1.54) is 32.1 Å². The van der Waals surface area contributed by atoms with Gasteiger partial charge in [0.1, 0.15) is 0 Å². The molecule has 128 valence electrons. The highest BCUT2D eigenvalue weighted by Crippen LogP contribution is 2.52. The third-order valence-corrected chi connectivity index (χ3v) is 8.37. The van der Waals surface area contributed by atoms with E-state index in [-0.39, 0.29) is 0 Å². The molecule has 0 nitrogen and oxygen atoms in total. The second-order valence-corrected chi connectivity index (χ2v) is 9.93. The molecular weight excluding hydrogens is 264 g/mol. The summed E-state index contributed by atoms with van der Waals surface area (Å²) in [5, 5.41) is 0. The van der Waals surface area contributed by atoms with Crippen molar-refractivity contribution in [3.8, 4) is 0 Å². The Morgan fingerprint density at radius 2 is 1.59 bits per heavy atom. The largest absolute Gasteiger partial charge is 0.0625 e. The monoisotopic (exact) mass is 304 g/mol. The van der Waals surface area contributed by atoms with Crippen LogP contribution in [0, 0.1) is 40.9 Å². The normalized spacial score (nSPS) is 45.8. The topological polar surface area (TPSA) is 0 Å². The van der Waals surface area contributed by atoms with E-state index in [0.717, 1.165) is 40.9 Å². The lowest BCUT2D eigenvalue weighted by Crippen LogP contribution is -2.31. The summed E-state index contributed by atoms with van der Waals surface area (Å²) in [5.74, 6) is 5.97. The second kappa shape index (κ2) is 6.86. The van der Waals surface area contributed by atoms with Crippen molar-refractivity contribution >= 4 is 0 Å². The summed E-state index contributed by atoms with van der Waals surface area (Å²) < 4.78 is 0. The zero-order chi connectivity index (χ0) is 15.7. The van der Waals surface area contributed by atoms with Crippen LogP contribution in [-0.4, -0.2) is 0 Å². The van der Waals surface area contributed by atoms with E-state index >= 15 is 0 Å². The van der Waals surface area contributed by atoms with E-state index in [2.05, 4.69) is 27.7 Å². The van der Waals surface area contributed by atoms with Crippen molar-refractivity contribution in [3.63, 3.8) is 0 Å². The molecule has 0 amide bonds. The average molecular weight is 305 g/mol. The first-order chi connectivity index (χ1) is 10.5. The van der Waals surface area contributed by atoms with Crippen molar-refractivity contribution in [1.29, 1.82) is 0 Å². The van der Waals surface area contributed by atoms with Gasteiger partial charge in [-0.3, -0.25) is 0 Å². The molecule has 0 bridgehead atoms. The van der Waals surface area contributed by atoms with E-state index < -0.39 is 0 Å². The smallest absolute Gasteiger partial charge is 0.0295 e. The van der Waals surface area contributed by atoms with E-state index in [4.69, 9.17) is 0 Å². The molecule has 3 aliphatic rings. The highest BCUT2D eigenvalue weighted by molar-refractivity contribution is 4.91. The van der Waals surface area contributed by atoms with Gasteiger partial charge in [-0.25, -0.2) is 0 Å². The Morgan fingerprint density at radius 3 is 2.18 bits per heavy atom. The van der Waals surface area contributed by atoms with Crippen LogP contribution in [0.5, 0.6) is 0 Å². The molecule has 6 atom stereocenters. The summed E-state index contributed by atoms with van der Waals surface area (Å²) >= 11 is 0. The van der Waals surface area contributed by atoms with E-state index in [1.807, 2.05) is 0 Å². The number of rotatable bonds is 2. The lowest BCUT2D eigenvalue weighted by atomic mass is 9.61. The molecule has 0 radical (unpaired) electrons. The highest BCUT2D eigenvalue weighted by atomic mass is 14.5. The fourth-order valence-electron chi connectivity index (χ4n) is 6.31. The molecule has 0 aromatic rings. The molecule has 3 saturated carbocycles. The van der Waals surface area contributed by atoms with Gasteiger partial charge < -0.3 is 0 Å². The lowest BCUT2D eigenvalue weighted by molar-refractivity contribution is 0.0766. The van der Waals surface area contributed by atoms with Crippen molar-refractivity contribution in [2.45, 2.75) is 98.3 Å². The van der Waals surface area contributed by atoms with Crippen LogP contribution >= 0.6 is 0 Å². The van der Waals surface area contributed by atoms with Crippen LogP contribution in [0.4, 0.5) is 0 Å². The van der Waals surface area contributed by atoms with Gasteiger partial charge in [-0.05, 0) is 85.9 Å². The van der Waals surface area contributed by atoms with Crippen LogP contribution in [0.15, 0.2) is 0 Å². The molecule has 0 aliphatic heterocycles. The summed E-state index contributed by atoms with van der Waals surface area (Å²) in [5.41, 5.74) is 0.796. The Bertz CT molecular complexity index is 353. The highest BCUT2D eigenvalue weighted by Gasteiger charge is 2.40. The Balaban J connectivity index is 1.58. The van der Waals surface area contributed by atoms with E-state index in [1.54, 1.807) is 38.5 Å². The Morgan fingerprint density at radius 1 is 0.818 bits per heavy atom. The molecule has 0 aromatic carbocycles. The van der Waals surface area contributed by atoms with Crippen LogP contribution in [0.1, 0.15) is 98.3 Å². The van der Waals surface area contributed by atoms with Crippen molar-refractivity contribution in [1.82, 2.24) is 0 Å². The van der Waals surface area contributed by atoms with Crippen molar-refractivity contribution in [2.24, 2.45) is 40.9 Å². The minimum atomic E-state index is 0.796. The van der Waals surface area contributed by atoms with Crippen LogP contribution in [0.2, 0.25) is 0 Å². The number of hydrogen-bond acceptors (Lipinski definition) is 0. The van der Waals surface area contributed by atoms with Crippen molar-refractivity contribution in [2.75, 3.05) is 0 Å². The van der Waals surface area contributed by atoms with E-state index in [0.29, 0.717) is 0 Å². The van der Waals surface area contributed by atoms with Gasteiger partial charge in [-0.1, -0.05) is 53.4 Å². The zero-order valence-electron chi connectivity index (χ0n) is 15.7. The maximum atomic E-state index is 2.55. The predicted molar refractivity (Wildman–Crippen MR) is 96.9 cm³/mol.